The lowest BCUT2D eigenvalue weighted by atomic mass is 9.87. The minimum Gasteiger partial charge on any atom is -0.365 e. The van der Waals surface area contributed by atoms with Crippen LogP contribution >= 0.6 is 0 Å². The fourth-order valence-electron chi connectivity index (χ4n) is 5.12. The van der Waals surface area contributed by atoms with Crippen molar-refractivity contribution in [3.8, 4) is 11.1 Å². The predicted molar refractivity (Wildman–Crippen MR) is 159 cm³/mol. The van der Waals surface area contributed by atoms with E-state index < -0.39 is 5.82 Å². The second-order valence-electron chi connectivity index (χ2n) is 11.4. The van der Waals surface area contributed by atoms with E-state index in [2.05, 4.69) is 53.2 Å². The van der Waals surface area contributed by atoms with Gasteiger partial charge in [0.15, 0.2) is 11.5 Å². The molecule has 1 saturated heterocycles. The third-order valence-electron chi connectivity index (χ3n) is 7.60. The Bertz CT molecular complexity index is 1580. The van der Waals surface area contributed by atoms with Crippen LogP contribution in [0.2, 0.25) is 0 Å². The van der Waals surface area contributed by atoms with E-state index in [9.17, 15) is 9.59 Å². The highest BCUT2D eigenvalue weighted by Crippen LogP contribution is 2.33. The van der Waals surface area contributed by atoms with Gasteiger partial charge >= 0.3 is 0 Å². The van der Waals surface area contributed by atoms with Crippen molar-refractivity contribution >= 4 is 28.7 Å². The summed E-state index contributed by atoms with van der Waals surface area (Å²) < 4.78 is 15.3. The number of nitrogens with zero attached hydrogens (tertiary/aromatic N) is 3. The number of rotatable bonds is 7. The van der Waals surface area contributed by atoms with E-state index in [4.69, 9.17) is 0 Å². The van der Waals surface area contributed by atoms with Crippen LogP contribution in [-0.2, 0) is 16.8 Å². The first-order valence-electron chi connectivity index (χ1n) is 13.8. The first-order chi connectivity index (χ1) is 19.6. The number of benzene rings is 2. The molecule has 0 saturated carbocycles. The summed E-state index contributed by atoms with van der Waals surface area (Å²) in [6, 6.07) is 14.5. The molecule has 2 aromatic carbocycles. The zero-order valence-electron chi connectivity index (χ0n) is 23.6. The first-order valence-corrected chi connectivity index (χ1v) is 13.8. The summed E-state index contributed by atoms with van der Waals surface area (Å²) in [7, 11) is 0. The molecule has 0 bridgehead atoms. The Labute approximate surface area is 239 Å². The molecule has 1 aliphatic rings. The molecule has 0 aliphatic carbocycles. The molecule has 1 fully saturated rings. The van der Waals surface area contributed by atoms with Gasteiger partial charge < -0.3 is 15.5 Å². The standard InChI is InChI=1S/C32H35FN6O2/c1-5-27(40)39-16-13-24(14-17-39)36-30-28-25(12-15-34-29(28)37-38-30)21-6-7-22(26(33)18-21)19-35-31(41)20-8-10-23(11-9-20)32(2,3)4/h5-12,15,18,24H,1,13-14,16-17,19H2,2-4H3,(H,35,41)(H2,34,36,37,38). The van der Waals surface area contributed by atoms with Crippen LogP contribution in [0.25, 0.3) is 22.2 Å². The number of carbonyl (C=O) groups excluding carboxylic acids is 2. The van der Waals surface area contributed by atoms with Gasteiger partial charge in [0.25, 0.3) is 5.91 Å². The predicted octanol–water partition coefficient (Wildman–Crippen LogP) is 5.58. The Kier molecular flexibility index (Phi) is 7.88. The average molecular weight is 555 g/mol. The monoisotopic (exact) mass is 554 g/mol. The SMILES string of the molecule is C=CC(=O)N1CCC(Nc2n[nH]c3nccc(-c4ccc(CNC(=O)c5ccc(C(C)(C)C)cc5)c(F)c4)c23)CC1. The van der Waals surface area contributed by atoms with Crippen LogP contribution in [0.15, 0.2) is 67.4 Å². The molecule has 8 nitrogen and oxygen atoms in total. The highest BCUT2D eigenvalue weighted by molar-refractivity contribution is 6.00. The molecule has 2 amide bonds. The Morgan fingerprint density at radius 1 is 1.12 bits per heavy atom. The van der Waals surface area contributed by atoms with E-state index in [0.717, 1.165) is 29.4 Å². The van der Waals surface area contributed by atoms with Gasteiger partial charge in [-0.1, -0.05) is 51.6 Å². The largest absolute Gasteiger partial charge is 0.365 e. The molecule has 1 aliphatic heterocycles. The fraction of sp³-hybridized carbons (Fsp3) is 0.312. The van der Waals surface area contributed by atoms with Crippen molar-refractivity contribution in [1.29, 1.82) is 0 Å². The average Bonchev–Trinajstić information content (AvgIpc) is 3.38. The molecule has 212 valence electrons. The smallest absolute Gasteiger partial charge is 0.251 e. The van der Waals surface area contributed by atoms with Crippen LogP contribution in [-0.4, -0.2) is 51.0 Å². The second-order valence-corrected chi connectivity index (χ2v) is 11.4. The Balaban J connectivity index is 1.29. The quantitative estimate of drug-likeness (QED) is 0.259. The third kappa shape index (κ3) is 6.14. The van der Waals surface area contributed by atoms with E-state index in [1.54, 1.807) is 29.3 Å². The molecule has 41 heavy (non-hydrogen) atoms. The van der Waals surface area contributed by atoms with E-state index in [0.29, 0.717) is 41.2 Å². The van der Waals surface area contributed by atoms with Crippen LogP contribution in [0, 0.1) is 5.82 Å². The molecule has 5 rings (SSSR count). The lowest BCUT2D eigenvalue weighted by Crippen LogP contribution is -2.41. The molecule has 4 aromatic rings. The zero-order valence-corrected chi connectivity index (χ0v) is 23.6. The summed E-state index contributed by atoms with van der Waals surface area (Å²) in [5.41, 5.74) is 4.13. The van der Waals surface area contributed by atoms with E-state index in [1.807, 2.05) is 24.3 Å². The zero-order chi connectivity index (χ0) is 29.1. The molecule has 0 spiro atoms. The molecular weight excluding hydrogens is 519 g/mol. The summed E-state index contributed by atoms with van der Waals surface area (Å²) in [6.45, 7) is 11.3. The number of anilines is 1. The maximum atomic E-state index is 15.3. The molecule has 3 N–H and O–H groups in total. The topological polar surface area (TPSA) is 103 Å². The molecule has 0 radical (unpaired) electrons. The maximum absolute atomic E-state index is 15.3. The number of carbonyl (C=O) groups is 2. The number of fused-ring (bicyclic) bond motifs is 1. The van der Waals surface area contributed by atoms with Crippen molar-refractivity contribution < 1.29 is 14.0 Å². The van der Waals surface area contributed by atoms with Crippen molar-refractivity contribution in [2.24, 2.45) is 0 Å². The number of piperidine rings is 1. The lowest BCUT2D eigenvalue weighted by Gasteiger charge is -2.31. The van der Waals surface area contributed by atoms with Crippen molar-refractivity contribution in [3.63, 3.8) is 0 Å². The summed E-state index contributed by atoms with van der Waals surface area (Å²) in [5, 5.41) is 14.5. The second kappa shape index (κ2) is 11.5. The molecule has 0 unspecified atom stereocenters. The van der Waals surface area contributed by atoms with Crippen molar-refractivity contribution in [2.75, 3.05) is 18.4 Å². The van der Waals surface area contributed by atoms with Crippen LogP contribution in [0.1, 0.15) is 55.1 Å². The highest BCUT2D eigenvalue weighted by atomic mass is 19.1. The van der Waals surface area contributed by atoms with E-state index >= 15 is 4.39 Å². The Morgan fingerprint density at radius 2 is 1.85 bits per heavy atom. The number of likely N-dealkylation sites (tertiary alicyclic amines) is 1. The van der Waals surface area contributed by atoms with Gasteiger partial charge in [-0.05, 0) is 65.3 Å². The molecule has 3 heterocycles. The minimum atomic E-state index is -0.409. The van der Waals surface area contributed by atoms with Crippen molar-refractivity contribution in [3.05, 3.63) is 89.9 Å². The molecule has 2 aromatic heterocycles. The fourth-order valence-corrected chi connectivity index (χ4v) is 5.12. The number of pyridine rings is 1. The van der Waals surface area contributed by atoms with Crippen LogP contribution < -0.4 is 10.6 Å². The lowest BCUT2D eigenvalue weighted by molar-refractivity contribution is -0.126. The van der Waals surface area contributed by atoms with Crippen molar-refractivity contribution in [2.45, 2.75) is 51.6 Å². The number of aromatic nitrogens is 3. The van der Waals surface area contributed by atoms with Gasteiger partial charge in [0.1, 0.15) is 5.82 Å². The van der Waals surface area contributed by atoms with Gasteiger partial charge in [-0.2, -0.15) is 5.10 Å². The van der Waals surface area contributed by atoms with Crippen LogP contribution in [0.5, 0.6) is 0 Å². The van der Waals surface area contributed by atoms with Crippen LogP contribution in [0.3, 0.4) is 0 Å². The van der Waals surface area contributed by atoms with Gasteiger partial charge in [-0.25, -0.2) is 9.37 Å². The van der Waals surface area contributed by atoms with E-state index in [1.165, 1.54) is 12.1 Å². The summed E-state index contributed by atoms with van der Waals surface area (Å²) in [6.07, 6.45) is 4.56. The number of H-pyrrole nitrogens is 1. The number of halogens is 1. The van der Waals surface area contributed by atoms with Gasteiger partial charge in [0, 0.05) is 43.0 Å². The van der Waals surface area contributed by atoms with Gasteiger partial charge in [-0.3, -0.25) is 14.7 Å². The number of aromatic amines is 1. The minimum absolute atomic E-state index is 0.00164. The molecule has 9 heteroatoms. The normalized spacial score (nSPS) is 14.2. The number of hydrogen-bond donors (Lipinski definition) is 3. The van der Waals surface area contributed by atoms with Gasteiger partial charge in [-0.15, -0.1) is 0 Å². The molecular formula is C32H35FN6O2. The van der Waals surface area contributed by atoms with Gasteiger partial charge in [0.2, 0.25) is 5.91 Å². The summed E-state index contributed by atoms with van der Waals surface area (Å²) >= 11 is 0. The summed E-state index contributed by atoms with van der Waals surface area (Å²) in [4.78, 5) is 30.8. The first kappa shape index (κ1) is 28.0. The number of hydrogen-bond acceptors (Lipinski definition) is 5. The molecule has 0 atom stereocenters. The maximum Gasteiger partial charge on any atom is 0.251 e. The third-order valence-corrected chi connectivity index (χ3v) is 7.60. The van der Waals surface area contributed by atoms with Crippen LogP contribution in [0.4, 0.5) is 10.2 Å². The Morgan fingerprint density at radius 3 is 2.51 bits per heavy atom. The Hall–Kier alpha value is -4.53. The summed E-state index contributed by atoms with van der Waals surface area (Å²) in [5.74, 6) is -0.0718. The van der Waals surface area contributed by atoms with Crippen molar-refractivity contribution in [1.82, 2.24) is 25.4 Å². The number of nitrogens with one attached hydrogen (secondary N) is 3. The van der Waals surface area contributed by atoms with E-state index in [-0.39, 0.29) is 29.8 Å². The number of amides is 2. The highest BCUT2D eigenvalue weighted by Gasteiger charge is 2.23. The van der Waals surface area contributed by atoms with Gasteiger partial charge in [0.05, 0.1) is 5.39 Å².